The molecule has 2 aliphatic heterocycles. The van der Waals surface area contributed by atoms with Crippen molar-refractivity contribution in [1.82, 2.24) is 20.4 Å². The second-order valence-corrected chi connectivity index (χ2v) is 8.58. The van der Waals surface area contributed by atoms with Gasteiger partial charge >= 0.3 is 0 Å². The van der Waals surface area contributed by atoms with Gasteiger partial charge in [0.25, 0.3) is 11.8 Å². The van der Waals surface area contributed by atoms with Crippen LogP contribution in [0, 0.1) is 5.82 Å². The Labute approximate surface area is 178 Å². The monoisotopic (exact) mass is 430 g/mol. The van der Waals surface area contributed by atoms with Crippen LogP contribution in [0.15, 0.2) is 34.4 Å². The Hall–Kier alpha value is -2.68. The second kappa shape index (κ2) is 8.59. The molecule has 1 fully saturated rings. The average molecular weight is 431 g/mol. The zero-order valence-corrected chi connectivity index (χ0v) is 17.7. The molecule has 0 bridgehead atoms. The molecule has 1 N–H and O–H groups in total. The highest BCUT2D eigenvalue weighted by Crippen LogP contribution is 2.43. The van der Waals surface area contributed by atoms with Crippen LogP contribution in [0.3, 0.4) is 0 Å². The van der Waals surface area contributed by atoms with Gasteiger partial charge in [-0.3, -0.25) is 14.5 Å². The number of benzene rings is 1. The summed E-state index contributed by atoms with van der Waals surface area (Å²) in [6.07, 6.45) is 2.35. The Bertz CT molecular complexity index is 988. The van der Waals surface area contributed by atoms with Crippen molar-refractivity contribution in [1.29, 1.82) is 0 Å². The van der Waals surface area contributed by atoms with E-state index < -0.39 is 6.04 Å². The van der Waals surface area contributed by atoms with Crippen molar-refractivity contribution in [3.8, 4) is 0 Å². The first-order valence-electron chi connectivity index (χ1n) is 9.99. The first-order valence-corrected chi connectivity index (χ1v) is 11.0. The van der Waals surface area contributed by atoms with Gasteiger partial charge in [-0.05, 0) is 43.0 Å². The number of thioether (sulfide) groups is 1. The van der Waals surface area contributed by atoms with Gasteiger partial charge in [-0.2, -0.15) is 4.98 Å². The van der Waals surface area contributed by atoms with E-state index in [1.54, 1.807) is 28.8 Å². The molecule has 3 heterocycles. The number of amides is 2. The Morgan fingerprint density at radius 3 is 2.83 bits per heavy atom. The van der Waals surface area contributed by atoms with Crippen LogP contribution in [0.5, 0.6) is 0 Å². The lowest BCUT2D eigenvalue weighted by Crippen LogP contribution is -2.69. The quantitative estimate of drug-likeness (QED) is 0.680. The minimum absolute atomic E-state index is 0.174. The summed E-state index contributed by atoms with van der Waals surface area (Å²) in [6, 6.07) is 5.49. The number of rotatable bonds is 7. The molecule has 1 saturated heterocycles. The van der Waals surface area contributed by atoms with Gasteiger partial charge in [-0.25, -0.2) is 4.39 Å². The fourth-order valence-corrected chi connectivity index (χ4v) is 4.90. The first-order chi connectivity index (χ1) is 14.5. The van der Waals surface area contributed by atoms with E-state index in [0.717, 1.165) is 23.3 Å². The number of fused-ring (bicyclic) bond motifs is 1. The molecule has 0 radical (unpaired) electrons. The summed E-state index contributed by atoms with van der Waals surface area (Å²) in [5.74, 6) is 1.02. The molecule has 2 aliphatic rings. The van der Waals surface area contributed by atoms with E-state index in [0.29, 0.717) is 30.3 Å². The standard InChI is InChI=1S/C21H23FN4O3S/c1-3-4-15-23-19(29-25-15)18-12(2)11-30-21-17(20(28)26(18)21)24-16(27)10-7-13-5-8-14(22)9-6-13/h5-6,8-9,17,21H,3-4,7,10-11H2,1-2H3,(H,24,27)/t17-,21-/m1/s1. The molecule has 30 heavy (non-hydrogen) atoms. The number of nitrogens with zero attached hydrogens (tertiary/aromatic N) is 3. The van der Waals surface area contributed by atoms with Gasteiger partial charge in [-0.15, -0.1) is 11.8 Å². The van der Waals surface area contributed by atoms with Crippen LogP contribution in [0.4, 0.5) is 4.39 Å². The van der Waals surface area contributed by atoms with Crippen LogP contribution in [0.1, 0.15) is 44.0 Å². The Balaban J connectivity index is 1.39. The molecule has 0 spiro atoms. The third-order valence-electron chi connectivity index (χ3n) is 5.17. The van der Waals surface area contributed by atoms with E-state index in [1.165, 1.54) is 12.1 Å². The molecule has 2 atom stereocenters. The van der Waals surface area contributed by atoms with Crippen LogP contribution in [-0.4, -0.2) is 44.0 Å². The molecule has 2 amide bonds. The molecule has 0 saturated carbocycles. The van der Waals surface area contributed by atoms with Gasteiger partial charge in [0, 0.05) is 18.6 Å². The van der Waals surface area contributed by atoms with Crippen LogP contribution in [0.2, 0.25) is 0 Å². The lowest BCUT2D eigenvalue weighted by molar-refractivity contribution is -0.144. The zero-order valence-electron chi connectivity index (χ0n) is 16.9. The van der Waals surface area contributed by atoms with E-state index in [9.17, 15) is 14.0 Å². The summed E-state index contributed by atoms with van der Waals surface area (Å²) < 4.78 is 18.4. The number of halogens is 1. The molecule has 4 rings (SSSR count). The number of hydrogen-bond donors (Lipinski definition) is 1. The van der Waals surface area contributed by atoms with Crippen molar-refractivity contribution in [2.75, 3.05) is 5.75 Å². The summed E-state index contributed by atoms with van der Waals surface area (Å²) in [5, 5.41) is 6.65. The number of hydrogen-bond acceptors (Lipinski definition) is 6. The number of carbonyl (C=O) groups is 2. The summed E-state index contributed by atoms with van der Waals surface area (Å²) in [5.41, 5.74) is 2.54. The van der Waals surface area contributed by atoms with Gasteiger partial charge in [0.2, 0.25) is 5.91 Å². The zero-order chi connectivity index (χ0) is 21.3. The smallest absolute Gasteiger partial charge is 0.274 e. The number of aryl methyl sites for hydroxylation is 2. The van der Waals surface area contributed by atoms with Crippen molar-refractivity contribution < 1.29 is 18.5 Å². The number of β-lactam (4-membered cyclic amide) rings is 1. The number of nitrogens with one attached hydrogen (secondary N) is 1. The number of aromatic nitrogens is 2. The SMILES string of the molecule is CCCc1noc(C2=C(C)CS[C@@H]3[C@H](NC(=O)CCc4ccc(F)cc4)C(=O)N23)n1. The molecular weight excluding hydrogens is 407 g/mol. The lowest BCUT2D eigenvalue weighted by atomic mass is 10.0. The highest BCUT2D eigenvalue weighted by molar-refractivity contribution is 8.00. The van der Waals surface area contributed by atoms with Crippen molar-refractivity contribution in [2.45, 2.75) is 50.9 Å². The maximum Gasteiger partial charge on any atom is 0.274 e. The summed E-state index contributed by atoms with van der Waals surface area (Å²) in [7, 11) is 0. The number of carbonyl (C=O) groups excluding carboxylic acids is 2. The molecule has 7 nitrogen and oxygen atoms in total. The van der Waals surface area contributed by atoms with E-state index in [1.807, 2.05) is 13.8 Å². The predicted molar refractivity (Wildman–Crippen MR) is 111 cm³/mol. The Kier molecular flexibility index (Phi) is 5.90. The van der Waals surface area contributed by atoms with E-state index in [4.69, 9.17) is 4.52 Å². The fraction of sp³-hybridized carbons (Fsp3) is 0.429. The summed E-state index contributed by atoms with van der Waals surface area (Å²) in [6.45, 7) is 3.99. The summed E-state index contributed by atoms with van der Waals surface area (Å²) in [4.78, 5) is 31.3. The molecule has 2 aromatic rings. The maximum absolute atomic E-state index is 13.0. The molecule has 1 aromatic heterocycles. The topological polar surface area (TPSA) is 88.3 Å². The van der Waals surface area contributed by atoms with E-state index in [-0.39, 0.29) is 29.4 Å². The second-order valence-electron chi connectivity index (χ2n) is 7.48. The van der Waals surface area contributed by atoms with Gasteiger partial charge in [0.1, 0.15) is 22.9 Å². The predicted octanol–water partition coefficient (Wildman–Crippen LogP) is 2.92. The van der Waals surface area contributed by atoms with Crippen LogP contribution >= 0.6 is 11.8 Å². The van der Waals surface area contributed by atoms with Gasteiger partial charge in [0.05, 0.1) is 0 Å². The van der Waals surface area contributed by atoms with Crippen molar-refractivity contribution in [2.24, 2.45) is 0 Å². The normalized spacial score (nSPS) is 20.8. The largest absolute Gasteiger partial charge is 0.342 e. The van der Waals surface area contributed by atoms with E-state index >= 15 is 0 Å². The third kappa shape index (κ3) is 3.98. The lowest BCUT2D eigenvalue weighted by Gasteiger charge is -2.49. The van der Waals surface area contributed by atoms with Gasteiger partial charge < -0.3 is 9.84 Å². The third-order valence-corrected chi connectivity index (χ3v) is 6.60. The van der Waals surface area contributed by atoms with Crippen LogP contribution in [-0.2, 0) is 22.4 Å². The highest BCUT2D eigenvalue weighted by atomic mass is 32.2. The molecule has 158 valence electrons. The van der Waals surface area contributed by atoms with Gasteiger partial charge in [0.15, 0.2) is 5.82 Å². The molecule has 0 unspecified atom stereocenters. The minimum Gasteiger partial charge on any atom is -0.342 e. The van der Waals surface area contributed by atoms with Crippen molar-refractivity contribution in [3.05, 3.63) is 52.9 Å². The van der Waals surface area contributed by atoms with Crippen LogP contribution < -0.4 is 5.32 Å². The highest BCUT2D eigenvalue weighted by Gasteiger charge is 2.53. The van der Waals surface area contributed by atoms with Gasteiger partial charge in [-0.1, -0.05) is 24.2 Å². The van der Waals surface area contributed by atoms with E-state index in [2.05, 4.69) is 15.5 Å². The molecule has 9 heteroatoms. The Morgan fingerprint density at radius 2 is 2.10 bits per heavy atom. The fourth-order valence-electron chi connectivity index (χ4n) is 3.61. The van der Waals surface area contributed by atoms with Crippen molar-refractivity contribution in [3.63, 3.8) is 0 Å². The van der Waals surface area contributed by atoms with Crippen LogP contribution in [0.25, 0.3) is 5.70 Å². The van der Waals surface area contributed by atoms with Crippen molar-refractivity contribution >= 4 is 29.3 Å². The first kappa shape index (κ1) is 20.6. The summed E-state index contributed by atoms with van der Waals surface area (Å²) >= 11 is 1.61. The average Bonchev–Trinajstić information content (AvgIpc) is 3.20. The molecule has 0 aliphatic carbocycles. The Morgan fingerprint density at radius 1 is 1.33 bits per heavy atom. The molecular formula is C21H23FN4O3S. The minimum atomic E-state index is -0.572. The maximum atomic E-state index is 13.0. The molecule has 1 aromatic carbocycles.